The van der Waals surface area contributed by atoms with Crippen LogP contribution in [0.2, 0.25) is 0 Å². The van der Waals surface area contributed by atoms with Crippen LogP contribution in [0.5, 0.6) is 0 Å². The number of alkyl carbamates (subject to hydrolysis) is 1. The molecule has 15 heteroatoms. The van der Waals surface area contributed by atoms with Crippen molar-refractivity contribution in [3.05, 3.63) is 46.0 Å². The number of hydrogen-bond acceptors (Lipinski definition) is 13. The maximum Gasteiger partial charge on any atom is 0.407 e. The van der Waals surface area contributed by atoms with Crippen LogP contribution in [0, 0.1) is 10.1 Å². The number of amides is 1. The Hall–Kier alpha value is -2.47. The molecule has 11 atom stereocenters. The molecule has 5 rings (SSSR count). The number of ether oxygens (including phenoxy) is 9. The van der Waals surface area contributed by atoms with E-state index in [1.807, 2.05) is 30.3 Å². The summed E-state index contributed by atoms with van der Waals surface area (Å²) in [6, 6.07) is 6.44. The minimum Gasteiger partial charge on any atom is -0.445 e. The average Bonchev–Trinajstić information content (AvgIpc) is 3.55. The van der Waals surface area contributed by atoms with Crippen molar-refractivity contribution >= 4 is 6.09 Å². The number of fused-ring (bicyclic) bond motifs is 2. The second-order valence-electron chi connectivity index (χ2n) is 11.5. The maximum absolute atomic E-state index is 12.8. The first-order valence-electron chi connectivity index (χ1n) is 13.7. The number of nitrogens with zero attached hydrogens (tertiary/aromatic N) is 1. The SMILES string of the molecule is COC1OC(C(O)C(C2OC(OC)C3OC(C)(C)OC32)[N+](=O)[O-])C2OC(C)(C)OC2C1NC(=O)OCc1ccccc1. The third-order valence-electron chi connectivity index (χ3n) is 7.70. The summed E-state index contributed by atoms with van der Waals surface area (Å²) >= 11 is 0. The van der Waals surface area contributed by atoms with Gasteiger partial charge < -0.3 is 53.1 Å². The fraction of sp³-hybridized carbons (Fsp3) is 0.741. The van der Waals surface area contributed by atoms with Crippen LogP contribution in [-0.2, 0) is 49.2 Å². The Morgan fingerprint density at radius 1 is 0.929 bits per heavy atom. The van der Waals surface area contributed by atoms with E-state index in [-0.39, 0.29) is 6.61 Å². The number of methoxy groups -OCH3 is 2. The van der Waals surface area contributed by atoms with Gasteiger partial charge in [-0.05, 0) is 33.3 Å². The molecule has 1 aromatic rings. The monoisotopic (exact) mass is 598 g/mol. The zero-order valence-corrected chi connectivity index (χ0v) is 24.2. The predicted molar refractivity (Wildman–Crippen MR) is 139 cm³/mol. The topological polar surface area (TPSA) is 176 Å². The van der Waals surface area contributed by atoms with Gasteiger partial charge in [0.25, 0.3) is 6.04 Å². The predicted octanol–water partition coefficient (Wildman–Crippen LogP) is 1.07. The van der Waals surface area contributed by atoms with Crippen molar-refractivity contribution in [1.82, 2.24) is 5.32 Å². The van der Waals surface area contributed by atoms with Gasteiger partial charge in [-0.3, -0.25) is 10.1 Å². The Labute approximate surface area is 242 Å². The molecule has 4 saturated heterocycles. The molecule has 4 aliphatic heterocycles. The maximum atomic E-state index is 12.8. The first-order chi connectivity index (χ1) is 19.8. The summed E-state index contributed by atoms with van der Waals surface area (Å²) in [7, 11) is 2.72. The normalized spacial score (nSPS) is 37.8. The summed E-state index contributed by atoms with van der Waals surface area (Å²) in [4.78, 5) is 24.6. The number of hydrogen-bond donors (Lipinski definition) is 2. The van der Waals surface area contributed by atoms with Crippen molar-refractivity contribution in [2.75, 3.05) is 14.2 Å². The van der Waals surface area contributed by atoms with E-state index in [1.165, 1.54) is 14.2 Å². The van der Waals surface area contributed by atoms with Crippen LogP contribution in [0.3, 0.4) is 0 Å². The van der Waals surface area contributed by atoms with Gasteiger partial charge in [0.1, 0.15) is 43.2 Å². The van der Waals surface area contributed by atoms with E-state index >= 15 is 0 Å². The Morgan fingerprint density at radius 2 is 1.48 bits per heavy atom. The van der Waals surface area contributed by atoms with Crippen molar-refractivity contribution in [2.45, 2.75) is 113 Å². The molecule has 2 N–H and O–H groups in total. The number of aliphatic hydroxyl groups excluding tert-OH is 1. The molecule has 42 heavy (non-hydrogen) atoms. The number of benzene rings is 1. The van der Waals surface area contributed by atoms with Gasteiger partial charge in [-0.2, -0.15) is 0 Å². The standard InChI is InChI=1S/C27H38N2O13/c1-26(2)39-17-14(28-25(31)36-12-13-10-8-7-9-11-13)23(34-5)38-19(20(17)40-26)16(30)15(29(32)33)18-21-22(24(35-6)37-18)42-27(3,4)41-21/h7-11,14-24,30H,12H2,1-6H3,(H,28,31). The van der Waals surface area contributed by atoms with E-state index in [9.17, 15) is 20.0 Å². The average molecular weight is 599 g/mol. The van der Waals surface area contributed by atoms with Gasteiger partial charge in [-0.1, -0.05) is 30.3 Å². The van der Waals surface area contributed by atoms with Crippen LogP contribution in [0.1, 0.15) is 33.3 Å². The highest BCUT2D eigenvalue weighted by atomic mass is 16.8. The molecule has 1 aromatic carbocycles. The van der Waals surface area contributed by atoms with Gasteiger partial charge in [-0.15, -0.1) is 0 Å². The number of aliphatic hydroxyl groups is 1. The van der Waals surface area contributed by atoms with Crippen LogP contribution < -0.4 is 5.32 Å². The fourth-order valence-corrected chi connectivity index (χ4v) is 6.04. The molecule has 0 aliphatic carbocycles. The van der Waals surface area contributed by atoms with E-state index in [0.717, 1.165) is 5.56 Å². The van der Waals surface area contributed by atoms with Gasteiger partial charge >= 0.3 is 6.09 Å². The molecule has 4 aliphatic rings. The lowest BCUT2D eigenvalue weighted by Gasteiger charge is -2.43. The quantitative estimate of drug-likeness (QED) is 0.305. The Bertz CT molecular complexity index is 1120. The highest BCUT2D eigenvalue weighted by molar-refractivity contribution is 5.67. The summed E-state index contributed by atoms with van der Waals surface area (Å²) in [6.45, 7) is 6.66. The molecule has 0 aromatic heterocycles. The Kier molecular flexibility index (Phi) is 8.78. The molecular weight excluding hydrogens is 560 g/mol. The van der Waals surface area contributed by atoms with Gasteiger partial charge in [0.2, 0.25) is 0 Å². The van der Waals surface area contributed by atoms with Crippen LogP contribution >= 0.6 is 0 Å². The molecule has 0 bridgehead atoms. The minimum atomic E-state index is -1.79. The molecule has 4 fully saturated rings. The van der Waals surface area contributed by atoms with E-state index in [2.05, 4.69) is 5.32 Å². The van der Waals surface area contributed by atoms with Crippen LogP contribution in [0.25, 0.3) is 0 Å². The van der Waals surface area contributed by atoms with E-state index in [4.69, 9.17) is 42.6 Å². The second-order valence-corrected chi connectivity index (χ2v) is 11.5. The molecule has 11 unspecified atom stereocenters. The number of nitro groups is 1. The summed E-state index contributed by atoms with van der Waals surface area (Å²) in [5.41, 5.74) is 0.788. The van der Waals surface area contributed by atoms with Crippen molar-refractivity contribution < 1.29 is 57.5 Å². The minimum absolute atomic E-state index is 0.0231. The zero-order valence-electron chi connectivity index (χ0n) is 24.2. The molecule has 0 spiro atoms. The van der Waals surface area contributed by atoms with Gasteiger partial charge in [0.15, 0.2) is 36.4 Å². The second kappa shape index (κ2) is 11.9. The number of nitrogens with one attached hydrogen (secondary N) is 1. The van der Waals surface area contributed by atoms with Crippen LogP contribution in [0.15, 0.2) is 30.3 Å². The van der Waals surface area contributed by atoms with Crippen molar-refractivity contribution in [3.8, 4) is 0 Å². The van der Waals surface area contributed by atoms with Gasteiger partial charge in [0, 0.05) is 19.1 Å². The zero-order chi connectivity index (χ0) is 30.4. The molecule has 1 amide bonds. The molecule has 15 nitrogen and oxygen atoms in total. The molecular formula is C27H38N2O13. The Balaban J connectivity index is 1.36. The number of carbonyl (C=O) groups is 1. The van der Waals surface area contributed by atoms with Crippen molar-refractivity contribution in [3.63, 3.8) is 0 Å². The van der Waals surface area contributed by atoms with E-state index in [1.54, 1.807) is 27.7 Å². The first-order valence-corrected chi connectivity index (χ1v) is 13.7. The van der Waals surface area contributed by atoms with E-state index in [0.29, 0.717) is 0 Å². The molecule has 0 saturated carbocycles. The lowest BCUT2D eigenvalue weighted by atomic mass is 9.88. The third-order valence-corrected chi connectivity index (χ3v) is 7.70. The summed E-state index contributed by atoms with van der Waals surface area (Å²) in [5.74, 6) is -2.23. The Morgan fingerprint density at radius 3 is 2.07 bits per heavy atom. The third kappa shape index (κ3) is 6.11. The fourth-order valence-electron chi connectivity index (χ4n) is 6.04. The van der Waals surface area contributed by atoms with Crippen molar-refractivity contribution in [2.24, 2.45) is 0 Å². The van der Waals surface area contributed by atoms with Crippen molar-refractivity contribution in [1.29, 1.82) is 0 Å². The molecule has 4 heterocycles. The van der Waals surface area contributed by atoms with Crippen LogP contribution in [-0.4, -0.2) is 109 Å². The number of rotatable bonds is 9. The highest BCUT2D eigenvalue weighted by Crippen LogP contribution is 2.43. The summed E-state index contributed by atoms with van der Waals surface area (Å²) < 4.78 is 52.1. The molecule has 0 radical (unpaired) electrons. The smallest absolute Gasteiger partial charge is 0.407 e. The largest absolute Gasteiger partial charge is 0.445 e. The lowest BCUT2D eigenvalue weighted by molar-refractivity contribution is -0.554. The van der Waals surface area contributed by atoms with E-state index < -0.39 is 90.0 Å². The van der Waals surface area contributed by atoms with Gasteiger partial charge in [-0.25, -0.2) is 4.79 Å². The lowest BCUT2D eigenvalue weighted by Crippen LogP contribution is -2.67. The first kappa shape index (κ1) is 31.0. The van der Waals surface area contributed by atoms with Gasteiger partial charge in [0.05, 0.1) is 0 Å². The van der Waals surface area contributed by atoms with Crippen LogP contribution in [0.4, 0.5) is 4.79 Å². The highest BCUT2D eigenvalue weighted by Gasteiger charge is 2.65. The number of carbonyl (C=O) groups excluding carboxylic acids is 1. The summed E-state index contributed by atoms with van der Waals surface area (Å²) in [5, 5.41) is 26.8. The molecule has 234 valence electrons. The summed E-state index contributed by atoms with van der Waals surface area (Å²) in [6.07, 6.45) is -10.9.